The van der Waals surface area contributed by atoms with Gasteiger partial charge in [-0.25, -0.2) is 0 Å². The maximum absolute atomic E-state index is 12.6. The third kappa shape index (κ3) is 19.2. The van der Waals surface area contributed by atoms with Gasteiger partial charge >= 0.3 is 11.9 Å². The first-order valence-electron chi connectivity index (χ1n) is 17.0. The van der Waals surface area contributed by atoms with Gasteiger partial charge < -0.3 is 28.4 Å². The lowest BCUT2D eigenvalue weighted by molar-refractivity contribution is -0.145. The van der Waals surface area contributed by atoms with Gasteiger partial charge in [0.25, 0.3) is 0 Å². The number of carbonyl (C=O) groups is 2. The second-order valence-electron chi connectivity index (χ2n) is 11.6. The average molecular weight is 636 g/mol. The van der Waals surface area contributed by atoms with Crippen LogP contribution in [0, 0.1) is 5.92 Å². The minimum atomic E-state index is -0.167. The van der Waals surface area contributed by atoms with Crippen molar-refractivity contribution in [3.8, 4) is 0 Å². The van der Waals surface area contributed by atoms with E-state index in [1.165, 1.54) is 0 Å². The molecule has 0 saturated carbocycles. The number of esters is 2. The van der Waals surface area contributed by atoms with Crippen LogP contribution in [0.25, 0.3) is 0 Å². The Balaban J connectivity index is 1.30. The third-order valence-electron chi connectivity index (χ3n) is 8.09. The molecule has 3 aliphatic rings. The van der Waals surface area contributed by atoms with Crippen molar-refractivity contribution in [2.45, 2.75) is 38.5 Å². The van der Waals surface area contributed by atoms with Crippen LogP contribution in [-0.4, -0.2) is 152 Å². The van der Waals surface area contributed by atoms with Crippen molar-refractivity contribution in [3.05, 3.63) is 36.5 Å². The van der Waals surface area contributed by atoms with E-state index >= 15 is 0 Å². The van der Waals surface area contributed by atoms with E-state index in [2.05, 4.69) is 32.9 Å². The molecule has 3 heterocycles. The fourth-order valence-corrected chi connectivity index (χ4v) is 5.28. The van der Waals surface area contributed by atoms with E-state index in [-0.39, 0.29) is 17.9 Å². The first kappa shape index (κ1) is 37.3. The maximum Gasteiger partial charge on any atom is 0.306 e. The summed E-state index contributed by atoms with van der Waals surface area (Å²) in [5.41, 5.74) is 0. The Morgan fingerprint density at radius 2 is 1.18 bits per heavy atom. The van der Waals surface area contributed by atoms with Gasteiger partial charge in [0.1, 0.15) is 13.2 Å². The Morgan fingerprint density at radius 3 is 1.78 bits per heavy atom. The van der Waals surface area contributed by atoms with Crippen molar-refractivity contribution in [1.82, 2.24) is 14.7 Å². The van der Waals surface area contributed by atoms with Crippen molar-refractivity contribution >= 4 is 11.9 Å². The first-order chi connectivity index (χ1) is 22.2. The van der Waals surface area contributed by atoms with Crippen molar-refractivity contribution in [1.29, 1.82) is 0 Å². The molecule has 0 aromatic carbocycles. The first-order valence-corrected chi connectivity index (χ1v) is 17.0. The summed E-state index contributed by atoms with van der Waals surface area (Å²) >= 11 is 0. The van der Waals surface area contributed by atoms with Crippen LogP contribution in [0.5, 0.6) is 0 Å². The molecule has 0 N–H and O–H groups in total. The predicted molar refractivity (Wildman–Crippen MR) is 173 cm³/mol. The molecule has 0 aromatic rings. The molecular weight excluding hydrogens is 578 g/mol. The van der Waals surface area contributed by atoms with Gasteiger partial charge in [0, 0.05) is 65.3 Å². The summed E-state index contributed by atoms with van der Waals surface area (Å²) in [7, 11) is 0. The number of hydrogen-bond acceptors (Lipinski definition) is 11. The fraction of sp³-hybridized carbons (Fsp3) is 0.765. The second-order valence-corrected chi connectivity index (χ2v) is 11.6. The largest absolute Gasteiger partial charge is 0.464 e. The number of hydrogen-bond donors (Lipinski definition) is 0. The van der Waals surface area contributed by atoms with Crippen LogP contribution < -0.4 is 0 Å². The zero-order valence-electron chi connectivity index (χ0n) is 27.3. The number of morpholine rings is 3. The molecule has 3 saturated heterocycles. The monoisotopic (exact) mass is 635 g/mol. The molecule has 0 bridgehead atoms. The maximum atomic E-state index is 12.6. The Bertz CT molecular complexity index is 866. The Kier molecular flexibility index (Phi) is 20.8. The molecule has 11 nitrogen and oxygen atoms in total. The molecule has 0 aliphatic carbocycles. The van der Waals surface area contributed by atoms with Crippen LogP contribution in [0.1, 0.15) is 38.5 Å². The van der Waals surface area contributed by atoms with Crippen LogP contribution >= 0.6 is 0 Å². The zero-order valence-corrected chi connectivity index (χ0v) is 27.3. The summed E-state index contributed by atoms with van der Waals surface area (Å²) < 4.78 is 32.8. The number of rotatable bonds is 22. The minimum absolute atomic E-state index is 0.0820. The third-order valence-corrected chi connectivity index (χ3v) is 8.09. The van der Waals surface area contributed by atoms with Gasteiger partial charge in [-0.15, -0.1) is 0 Å². The lowest BCUT2D eigenvalue weighted by Gasteiger charge is -2.26. The van der Waals surface area contributed by atoms with Gasteiger partial charge in [-0.2, -0.15) is 0 Å². The summed E-state index contributed by atoms with van der Waals surface area (Å²) in [5, 5.41) is 0. The number of nitrogens with zero attached hydrogens (tertiary/aromatic N) is 3. The minimum Gasteiger partial charge on any atom is -0.464 e. The quantitative estimate of drug-likeness (QED) is 0.0760. The van der Waals surface area contributed by atoms with E-state index in [1.54, 1.807) is 0 Å². The van der Waals surface area contributed by atoms with Crippen LogP contribution in [-0.2, 0) is 38.0 Å². The van der Waals surface area contributed by atoms with Crippen molar-refractivity contribution in [3.63, 3.8) is 0 Å². The summed E-state index contributed by atoms with van der Waals surface area (Å²) in [4.78, 5) is 31.6. The summed E-state index contributed by atoms with van der Waals surface area (Å²) in [6, 6.07) is 0. The molecule has 3 rings (SSSR count). The van der Waals surface area contributed by atoms with E-state index < -0.39 is 0 Å². The highest BCUT2D eigenvalue weighted by Crippen LogP contribution is 2.16. The van der Waals surface area contributed by atoms with Crippen molar-refractivity contribution in [2.24, 2.45) is 5.92 Å². The molecular formula is C34H57N3O8. The molecule has 0 amide bonds. The number of ether oxygens (including phenoxy) is 6. The van der Waals surface area contributed by atoms with Gasteiger partial charge in [0.2, 0.25) is 0 Å². The van der Waals surface area contributed by atoms with Gasteiger partial charge in [0.05, 0.1) is 59.3 Å². The van der Waals surface area contributed by atoms with Gasteiger partial charge in [-0.3, -0.25) is 24.3 Å². The Hall–Kier alpha value is -2.12. The topological polar surface area (TPSA) is 99.2 Å². The Morgan fingerprint density at radius 1 is 0.644 bits per heavy atom. The normalized spacial score (nSPS) is 19.9. The molecule has 3 fully saturated rings. The van der Waals surface area contributed by atoms with E-state index in [9.17, 15) is 9.59 Å². The molecule has 11 heteroatoms. The van der Waals surface area contributed by atoms with Crippen LogP contribution in [0.4, 0.5) is 0 Å². The molecule has 1 atom stereocenters. The number of carbonyl (C=O) groups excluding carboxylic acids is 2. The smallest absolute Gasteiger partial charge is 0.306 e. The average Bonchev–Trinajstić information content (AvgIpc) is 3.06. The van der Waals surface area contributed by atoms with Gasteiger partial charge in [0.15, 0.2) is 0 Å². The molecule has 3 aliphatic heterocycles. The molecule has 256 valence electrons. The standard InChI is InChI=1S/C34H57N3O8/c38-33(44-29-19-36-15-25-42-26-16-36)11-7-4-6-10-32(31-34(39)45-30-20-37-17-27-43-28-18-37)9-5-2-1-3-8-21-40-22-12-35-13-23-41-24-14-35/h1-3,6,8,10,32H,4-5,7,9,11-31H2/b2-1+,8-3+,10-6+. The molecule has 45 heavy (non-hydrogen) atoms. The summed E-state index contributed by atoms with van der Waals surface area (Å²) in [5.74, 6) is -0.240. The summed E-state index contributed by atoms with van der Waals surface area (Å²) in [6.45, 7) is 14.7. The summed E-state index contributed by atoms with van der Waals surface area (Å²) in [6.07, 6.45) is 16.3. The lowest BCUT2D eigenvalue weighted by atomic mass is 9.98. The van der Waals surface area contributed by atoms with Gasteiger partial charge in [-0.05, 0) is 31.6 Å². The second kappa shape index (κ2) is 25.0. The van der Waals surface area contributed by atoms with E-state index in [4.69, 9.17) is 28.4 Å². The van der Waals surface area contributed by atoms with E-state index in [0.717, 1.165) is 131 Å². The molecule has 0 radical (unpaired) electrons. The Labute approximate surface area is 270 Å². The molecule has 0 aromatic heterocycles. The number of allylic oxidation sites excluding steroid dienone is 5. The van der Waals surface area contributed by atoms with Crippen molar-refractivity contribution in [2.75, 3.05) is 125 Å². The molecule has 0 spiro atoms. The highest BCUT2D eigenvalue weighted by atomic mass is 16.5. The highest BCUT2D eigenvalue weighted by molar-refractivity contribution is 5.70. The van der Waals surface area contributed by atoms with Crippen LogP contribution in [0.15, 0.2) is 36.5 Å². The zero-order chi connectivity index (χ0) is 31.6. The van der Waals surface area contributed by atoms with Crippen LogP contribution in [0.2, 0.25) is 0 Å². The molecule has 1 unspecified atom stereocenters. The SMILES string of the molecule is O=C(CCC/C=C/C(CC/C=C/C=C/COCCN1CCOCC1)CC(=O)OCCN1CCOCC1)OCCN1CCOCC1. The van der Waals surface area contributed by atoms with E-state index in [1.807, 2.05) is 18.2 Å². The van der Waals surface area contributed by atoms with Crippen molar-refractivity contribution < 1.29 is 38.0 Å². The lowest BCUT2D eigenvalue weighted by Crippen LogP contribution is -2.38. The van der Waals surface area contributed by atoms with Gasteiger partial charge in [-0.1, -0.05) is 36.5 Å². The van der Waals surface area contributed by atoms with E-state index in [0.29, 0.717) is 32.7 Å². The van der Waals surface area contributed by atoms with Crippen LogP contribution in [0.3, 0.4) is 0 Å². The highest BCUT2D eigenvalue weighted by Gasteiger charge is 2.15. The predicted octanol–water partition coefficient (Wildman–Crippen LogP) is 2.71. The number of unbranched alkanes of at least 4 members (excludes halogenated alkanes) is 1. The fourth-order valence-electron chi connectivity index (χ4n) is 5.28.